The van der Waals surface area contributed by atoms with Crippen LogP contribution in [0.4, 0.5) is 5.69 Å². The van der Waals surface area contributed by atoms with Crippen LogP contribution >= 0.6 is 0 Å². The molecule has 320 valence electrons. The van der Waals surface area contributed by atoms with Crippen molar-refractivity contribution in [3.05, 3.63) is 53.6 Å². The number of phenols is 1. The Balaban J connectivity index is 1.14. The number of anilines is 1. The van der Waals surface area contributed by atoms with E-state index in [-0.39, 0.29) is 23.4 Å². The maximum absolute atomic E-state index is 13.6. The summed E-state index contributed by atoms with van der Waals surface area (Å²) in [6, 6.07) is 6.72. The summed E-state index contributed by atoms with van der Waals surface area (Å²) >= 11 is 0. The quantitative estimate of drug-likeness (QED) is 0.0888. The zero-order chi connectivity index (χ0) is 42.2. The fourth-order valence-corrected chi connectivity index (χ4v) is 6.90. The second-order valence-electron chi connectivity index (χ2n) is 14.1. The summed E-state index contributed by atoms with van der Waals surface area (Å²) in [5.74, 6) is -3.02. The molecule has 0 radical (unpaired) electrons. The number of amides is 1. The lowest BCUT2D eigenvalue weighted by atomic mass is 9.98. The number of ether oxygens (including phenoxy) is 6. The van der Waals surface area contributed by atoms with Crippen molar-refractivity contribution in [3.63, 3.8) is 0 Å². The van der Waals surface area contributed by atoms with Crippen LogP contribution in [0.2, 0.25) is 0 Å². The molecule has 0 bridgehead atoms. The number of aliphatic hydroxyl groups is 11. The van der Waals surface area contributed by atoms with E-state index < -0.39 is 141 Å². The first kappa shape index (κ1) is 43.5. The number of nitrogens with zero attached hydrogens (tertiary/aromatic N) is 1. The molecule has 4 aliphatic rings. The van der Waals surface area contributed by atoms with E-state index in [2.05, 4.69) is 0 Å². The summed E-state index contributed by atoms with van der Waals surface area (Å²) in [6.07, 6.45) is -22.4. The maximum atomic E-state index is 13.6. The highest BCUT2D eigenvalue weighted by Gasteiger charge is 2.49. The molecular weight excluding hydrogens is 782 g/mol. The molecule has 3 fully saturated rings. The number of hydrogen-bond acceptors (Lipinski definition) is 20. The van der Waals surface area contributed by atoms with Crippen LogP contribution in [-0.2, 0) is 35.0 Å². The molecule has 58 heavy (non-hydrogen) atoms. The van der Waals surface area contributed by atoms with Crippen LogP contribution in [0.1, 0.15) is 11.1 Å². The SMILES string of the molecule is O=C(O)[C@@H]1Cc2cc(O)c(O[C@@H]3O[C@H](CO[C@@H]4O[C@H](CO)[C@@H](O)[C@H](O)[C@H]4O)[C@@H](O)[C@H](O)[C@H]3O)cc2N1C(=O)/C=C/c1ccc(O[C@@H]2O[C@H](CO)[C@@H](O)[C@H](O)[C@H]2O)cc1. The van der Waals surface area contributed by atoms with Gasteiger partial charge in [-0.15, -0.1) is 0 Å². The molecule has 1 amide bonds. The third-order valence-electron chi connectivity index (χ3n) is 10.3. The third kappa shape index (κ3) is 8.77. The maximum Gasteiger partial charge on any atom is 0.327 e. The Hall–Kier alpha value is -4.08. The van der Waals surface area contributed by atoms with Gasteiger partial charge in [0.2, 0.25) is 12.6 Å². The van der Waals surface area contributed by atoms with E-state index in [9.17, 15) is 76.0 Å². The van der Waals surface area contributed by atoms with Crippen LogP contribution in [0.3, 0.4) is 0 Å². The number of fused-ring (bicyclic) bond motifs is 1. The summed E-state index contributed by atoms with van der Waals surface area (Å²) in [5, 5.41) is 132. The monoisotopic (exact) mass is 827 g/mol. The van der Waals surface area contributed by atoms with Gasteiger partial charge in [0.1, 0.15) is 85.0 Å². The summed E-state index contributed by atoms with van der Waals surface area (Å²) in [5.41, 5.74) is 0.677. The van der Waals surface area contributed by atoms with E-state index in [1.165, 1.54) is 30.3 Å². The largest absolute Gasteiger partial charge is 0.504 e. The summed E-state index contributed by atoms with van der Waals surface area (Å²) < 4.78 is 32.9. The van der Waals surface area contributed by atoms with E-state index in [1.54, 1.807) is 0 Å². The Morgan fingerprint density at radius 2 is 1.21 bits per heavy atom. The van der Waals surface area contributed by atoms with Crippen LogP contribution in [0.25, 0.3) is 6.08 Å². The van der Waals surface area contributed by atoms with Crippen LogP contribution in [0.5, 0.6) is 17.2 Å². The van der Waals surface area contributed by atoms with Crippen molar-refractivity contribution in [1.82, 2.24) is 0 Å². The zero-order valence-electron chi connectivity index (χ0n) is 30.2. The molecule has 22 heteroatoms. The second-order valence-corrected chi connectivity index (χ2v) is 14.1. The van der Waals surface area contributed by atoms with Crippen molar-refractivity contribution in [2.45, 2.75) is 105 Å². The fourth-order valence-electron chi connectivity index (χ4n) is 6.90. The number of carbonyl (C=O) groups is 2. The predicted octanol–water partition coefficient (Wildman–Crippen LogP) is -5.37. The molecule has 2 aromatic rings. The van der Waals surface area contributed by atoms with Gasteiger partial charge in [0.25, 0.3) is 5.91 Å². The highest BCUT2D eigenvalue weighted by molar-refractivity contribution is 6.09. The fraction of sp³-hybridized carbons (Fsp3) is 0.556. The molecule has 0 aromatic heterocycles. The molecule has 0 aliphatic carbocycles. The van der Waals surface area contributed by atoms with Crippen LogP contribution in [0, 0.1) is 0 Å². The Kier molecular flexibility index (Phi) is 13.5. The average molecular weight is 828 g/mol. The molecule has 16 atom stereocenters. The third-order valence-corrected chi connectivity index (χ3v) is 10.3. The number of carboxylic acids is 1. The van der Waals surface area contributed by atoms with Crippen molar-refractivity contribution in [2.75, 3.05) is 24.7 Å². The normalized spacial score (nSPS) is 37.7. The minimum atomic E-state index is -1.94. The van der Waals surface area contributed by atoms with Gasteiger partial charge in [0.15, 0.2) is 17.8 Å². The Labute approximate surface area is 328 Å². The highest BCUT2D eigenvalue weighted by Crippen LogP contribution is 2.42. The van der Waals surface area contributed by atoms with Gasteiger partial charge in [-0.1, -0.05) is 12.1 Å². The Morgan fingerprint density at radius 1 is 0.690 bits per heavy atom. The first-order valence-corrected chi connectivity index (χ1v) is 18.0. The molecule has 0 unspecified atom stereocenters. The van der Waals surface area contributed by atoms with E-state index >= 15 is 0 Å². The first-order valence-electron chi connectivity index (χ1n) is 18.0. The van der Waals surface area contributed by atoms with Crippen molar-refractivity contribution in [3.8, 4) is 17.2 Å². The van der Waals surface area contributed by atoms with Gasteiger partial charge < -0.3 is 94.8 Å². The van der Waals surface area contributed by atoms with Crippen LogP contribution in [-0.4, -0.2) is 196 Å². The summed E-state index contributed by atoms with van der Waals surface area (Å²) in [4.78, 5) is 26.8. The van der Waals surface area contributed by atoms with E-state index in [0.29, 0.717) is 5.56 Å². The van der Waals surface area contributed by atoms with Gasteiger partial charge in [-0.3, -0.25) is 9.69 Å². The molecule has 3 saturated heterocycles. The number of aromatic hydroxyl groups is 1. The number of carboxylic acid groups (broad SMARTS) is 1. The molecule has 2 aromatic carbocycles. The highest BCUT2D eigenvalue weighted by atomic mass is 16.7. The zero-order valence-corrected chi connectivity index (χ0v) is 30.2. The van der Waals surface area contributed by atoms with Crippen molar-refractivity contribution >= 4 is 23.6 Å². The standard InChI is InChI=1S/C36H45NO21/c38-10-20-24(42)27(45)30(48)34(56-20)53-12-22-26(44)29(47)32(50)36(58-22)55-19-9-16-14(8-18(19)40)7-17(33(51)52)37(16)23(41)6-3-13-1-4-15(5-2-13)54-35-31(49)28(46)25(43)21(11-39)57-35/h1-6,8-9,17,20-22,24-32,34-36,38-40,42-50H,7,10-12H2,(H,51,52)/b6-3+/t17-,20+,21+,22+,24+,25+,26+,27-,28-,29-,30+,31+,32+,34+,35+,36+/m0/s1. The van der Waals surface area contributed by atoms with Gasteiger partial charge in [0, 0.05) is 18.6 Å². The van der Waals surface area contributed by atoms with Gasteiger partial charge in [0.05, 0.1) is 25.5 Å². The van der Waals surface area contributed by atoms with Gasteiger partial charge in [-0.25, -0.2) is 4.79 Å². The predicted molar refractivity (Wildman–Crippen MR) is 188 cm³/mol. The number of hydrogen-bond donors (Lipinski definition) is 13. The minimum Gasteiger partial charge on any atom is -0.504 e. The van der Waals surface area contributed by atoms with Gasteiger partial charge in [-0.05, 0) is 35.4 Å². The lowest BCUT2D eigenvalue weighted by Gasteiger charge is -2.42. The number of aliphatic carboxylic acids is 1. The number of rotatable bonds is 12. The lowest BCUT2D eigenvalue weighted by Crippen LogP contribution is -2.62. The summed E-state index contributed by atoms with van der Waals surface area (Å²) in [7, 11) is 0. The van der Waals surface area contributed by atoms with Crippen molar-refractivity contribution in [2.24, 2.45) is 0 Å². The van der Waals surface area contributed by atoms with Crippen molar-refractivity contribution < 1.29 is 104 Å². The topological polar surface area (TPSA) is 356 Å². The Morgan fingerprint density at radius 3 is 1.78 bits per heavy atom. The average Bonchev–Trinajstić information content (AvgIpc) is 3.58. The van der Waals surface area contributed by atoms with Crippen molar-refractivity contribution in [1.29, 1.82) is 0 Å². The lowest BCUT2D eigenvalue weighted by molar-refractivity contribution is -0.323. The Bertz CT molecular complexity index is 1780. The number of carbonyl (C=O) groups excluding carboxylic acids is 1. The molecular formula is C36H45NO21. The first-order chi connectivity index (χ1) is 27.5. The molecule has 0 saturated carbocycles. The van der Waals surface area contributed by atoms with Gasteiger partial charge >= 0.3 is 5.97 Å². The van der Waals surface area contributed by atoms with E-state index in [4.69, 9.17) is 28.4 Å². The summed E-state index contributed by atoms with van der Waals surface area (Å²) in [6.45, 7) is -2.05. The number of aliphatic hydroxyl groups excluding tert-OH is 11. The van der Waals surface area contributed by atoms with Gasteiger partial charge in [-0.2, -0.15) is 0 Å². The van der Waals surface area contributed by atoms with Crippen LogP contribution in [0.15, 0.2) is 42.5 Å². The molecule has 4 heterocycles. The molecule has 13 N–H and O–H groups in total. The number of benzene rings is 2. The van der Waals surface area contributed by atoms with E-state index in [1.807, 2.05) is 0 Å². The van der Waals surface area contributed by atoms with E-state index in [0.717, 1.165) is 23.1 Å². The molecule has 6 rings (SSSR count). The molecule has 0 spiro atoms. The second kappa shape index (κ2) is 18.0. The minimum absolute atomic E-state index is 0.00603. The smallest absolute Gasteiger partial charge is 0.327 e. The van der Waals surface area contributed by atoms with Crippen LogP contribution < -0.4 is 14.4 Å². The molecule has 4 aliphatic heterocycles. The molecule has 22 nitrogen and oxygen atoms in total. The number of phenolic OH excluding ortho intramolecular Hbond substituents is 1.